The summed E-state index contributed by atoms with van der Waals surface area (Å²) in [6.07, 6.45) is -5.28. The molecule has 10 nitrogen and oxygen atoms in total. The number of Topliss-reactive ketones (excluding diaryl/α,β-unsaturated/α-hetero) is 1. The Balaban J connectivity index is 2.36. The van der Waals surface area contributed by atoms with Crippen molar-refractivity contribution in [2.45, 2.75) is 51.0 Å². The topological polar surface area (TPSA) is 143 Å². The van der Waals surface area contributed by atoms with Gasteiger partial charge in [-0.15, -0.1) is 0 Å². The van der Waals surface area contributed by atoms with Crippen molar-refractivity contribution in [2.75, 3.05) is 20.3 Å². The van der Waals surface area contributed by atoms with E-state index in [9.17, 15) is 37.5 Å². The van der Waals surface area contributed by atoms with E-state index in [0.29, 0.717) is 5.75 Å². The van der Waals surface area contributed by atoms with E-state index in [1.807, 2.05) is 5.32 Å². The summed E-state index contributed by atoms with van der Waals surface area (Å²) in [5, 5.41) is 15.6. The van der Waals surface area contributed by atoms with E-state index in [0.717, 1.165) is 6.07 Å². The van der Waals surface area contributed by atoms with Crippen molar-refractivity contribution in [1.82, 2.24) is 16.0 Å². The maximum Gasteiger partial charge on any atom is 0.452 e. The van der Waals surface area contributed by atoms with Crippen molar-refractivity contribution < 1.29 is 55.7 Å². The van der Waals surface area contributed by atoms with Gasteiger partial charge in [0.2, 0.25) is 11.8 Å². The van der Waals surface area contributed by atoms with Crippen LogP contribution in [0.2, 0.25) is 0 Å². The summed E-state index contributed by atoms with van der Waals surface area (Å²) in [7, 11) is 1.34. The lowest BCUT2D eigenvalue weighted by Crippen LogP contribution is -2.56. The van der Waals surface area contributed by atoms with Crippen molar-refractivity contribution >= 4 is 23.5 Å². The Morgan fingerprint density at radius 2 is 1.49 bits per heavy atom. The molecule has 0 spiro atoms. The zero-order valence-electron chi connectivity index (χ0n) is 23.6. The number of hydrogen-bond acceptors (Lipinski definition) is 7. The van der Waals surface area contributed by atoms with Gasteiger partial charge in [0.1, 0.15) is 23.6 Å². The van der Waals surface area contributed by atoms with E-state index in [1.165, 1.54) is 63.4 Å². The number of ether oxygens (including phenoxy) is 2. The number of nitrogens with one attached hydrogen (secondary N) is 3. The molecule has 0 aromatic heterocycles. The van der Waals surface area contributed by atoms with Crippen LogP contribution in [0.5, 0.6) is 11.5 Å². The van der Waals surface area contributed by atoms with Crippen LogP contribution >= 0.6 is 0 Å². The minimum atomic E-state index is -5.28. The number of carbonyl (C=O) groups excluding carboxylic acids is 4. The third kappa shape index (κ3) is 8.86. The zero-order chi connectivity index (χ0) is 32.5. The van der Waals surface area contributed by atoms with Gasteiger partial charge in [-0.05, 0) is 42.7 Å². The summed E-state index contributed by atoms with van der Waals surface area (Å²) < 4.78 is 79.9. The Morgan fingerprint density at radius 1 is 0.884 bits per heavy atom. The Labute approximate surface area is 243 Å². The highest BCUT2D eigenvalue weighted by molar-refractivity contribution is 5.97. The summed E-state index contributed by atoms with van der Waals surface area (Å²) in [5.41, 5.74) is -0.816. The van der Waals surface area contributed by atoms with Crippen molar-refractivity contribution in [2.24, 2.45) is 5.92 Å². The lowest BCUT2D eigenvalue weighted by molar-refractivity contribution is -0.175. The zero-order valence-corrected chi connectivity index (χ0v) is 23.6. The molecule has 4 N–H and O–H groups in total. The van der Waals surface area contributed by atoms with Crippen LogP contribution in [0.4, 0.5) is 22.0 Å². The average molecular weight is 618 g/mol. The maximum atomic E-state index is 15.1. The van der Waals surface area contributed by atoms with Gasteiger partial charge in [-0.3, -0.25) is 19.2 Å². The molecule has 2 aromatic rings. The van der Waals surface area contributed by atoms with Gasteiger partial charge in [0.05, 0.1) is 31.9 Å². The molecule has 0 radical (unpaired) electrons. The van der Waals surface area contributed by atoms with E-state index in [2.05, 4.69) is 5.32 Å². The average Bonchev–Trinajstić information content (AvgIpc) is 2.96. The van der Waals surface area contributed by atoms with E-state index in [-0.39, 0.29) is 17.9 Å². The number of ketones is 1. The summed E-state index contributed by atoms with van der Waals surface area (Å²) in [4.78, 5) is 50.8. The fraction of sp³-hybridized carbons (Fsp3) is 0.429. The molecule has 0 fully saturated rings. The van der Waals surface area contributed by atoms with Gasteiger partial charge in [0.15, 0.2) is 0 Å². The van der Waals surface area contributed by atoms with E-state index in [4.69, 9.17) is 9.47 Å². The van der Waals surface area contributed by atoms with Crippen LogP contribution in [0.3, 0.4) is 0 Å². The normalized spacial score (nSPS) is 13.8. The molecule has 0 saturated heterocycles. The van der Waals surface area contributed by atoms with Crippen LogP contribution in [-0.2, 0) is 25.1 Å². The molecular formula is C28H32F5N3O7. The molecule has 0 saturated carbocycles. The maximum absolute atomic E-state index is 15.1. The molecule has 236 valence electrons. The second-order valence-electron chi connectivity index (χ2n) is 9.52. The van der Waals surface area contributed by atoms with Gasteiger partial charge in [0, 0.05) is 0 Å². The van der Waals surface area contributed by atoms with Crippen molar-refractivity contribution in [3.05, 3.63) is 59.7 Å². The highest BCUT2D eigenvalue weighted by Gasteiger charge is 2.47. The van der Waals surface area contributed by atoms with Crippen LogP contribution in [0.25, 0.3) is 0 Å². The number of amides is 3. The number of aliphatic hydroxyl groups excluding tert-OH is 1. The predicted octanol–water partition coefficient (Wildman–Crippen LogP) is 2.79. The molecule has 0 aliphatic rings. The number of alkyl halides is 5. The highest BCUT2D eigenvalue weighted by atomic mass is 19.4. The van der Waals surface area contributed by atoms with Gasteiger partial charge in [-0.25, -0.2) is 0 Å². The van der Waals surface area contributed by atoms with E-state index >= 15 is 8.78 Å². The first-order chi connectivity index (χ1) is 20.1. The van der Waals surface area contributed by atoms with Crippen molar-refractivity contribution in [3.63, 3.8) is 0 Å². The van der Waals surface area contributed by atoms with Crippen LogP contribution in [0.1, 0.15) is 37.9 Å². The molecule has 43 heavy (non-hydrogen) atoms. The third-order valence-corrected chi connectivity index (χ3v) is 6.14. The first-order valence-electron chi connectivity index (χ1n) is 13.0. The summed E-state index contributed by atoms with van der Waals surface area (Å²) in [6.45, 7) is 2.88. The largest absolute Gasteiger partial charge is 0.497 e. The lowest BCUT2D eigenvalue weighted by Gasteiger charge is -2.27. The molecule has 3 atom stereocenters. The standard InChI is InChI=1S/C28H32F5N3O7/c1-5-43-20-9-7-6-8-18(20)27(29,30)26(41)34-19(14-37)24(39)36-22(16-10-12-17(42-4)13-11-16)25(40)35-21(15(2)3)23(38)28(31,32)33/h6-13,15,19,21-22,37H,5,14H2,1-4H3,(H,34,41)(H,35,40)(H,36,39). The summed E-state index contributed by atoms with van der Waals surface area (Å²) >= 11 is 0. The van der Waals surface area contributed by atoms with Gasteiger partial charge in [-0.1, -0.05) is 38.1 Å². The fourth-order valence-electron chi connectivity index (χ4n) is 3.86. The second kappa shape index (κ2) is 14.8. The van der Waals surface area contributed by atoms with Gasteiger partial charge >= 0.3 is 12.1 Å². The molecule has 3 unspecified atom stereocenters. The quantitative estimate of drug-likeness (QED) is 0.239. The smallest absolute Gasteiger partial charge is 0.452 e. The van der Waals surface area contributed by atoms with Crippen LogP contribution in [0.15, 0.2) is 48.5 Å². The van der Waals surface area contributed by atoms with Crippen molar-refractivity contribution in [1.29, 1.82) is 0 Å². The van der Waals surface area contributed by atoms with Crippen molar-refractivity contribution in [3.8, 4) is 11.5 Å². The first kappa shape index (κ1) is 34.9. The van der Waals surface area contributed by atoms with Crippen LogP contribution in [-0.4, -0.2) is 67.2 Å². The van der Waals surface area contributed by atoms with E-state index in [1.54, 1.807) is 12.2 Å². The van der Waals surface area contributed by atoms with Gasteiger partial charge < -0.3 is 30.5 Å². The Morgan fingerprint density at radius 3 is 2.00 bits per heavy atom. The first-order valence-corrected chi connectivity index (χ1v) is 13.0. The van der Waals surface area contributed by atoms with E-state index < -0.39 is 71.8 Å². The number of aliphatic hydroxyl groups is 1. The number of benzene rings is 2. The van der Waals surface area contributed by atoms with Crippen LogP contribution in [0, 0.1) is 5.92 Å². The molecule has 0 aliphatic heterocycles. The summed E-state index contributed by atoms with van der Waals surface area (Å²) in [5.74, 6) is -12.0. The summed E-state index contributed by atoms with van der Waals surface area (Å²) in [6, 6.07) is 4.25. The second-order valence-corrected chi connectivity index (χ2v) is 9.52. The number of rotatable bonds is 14. The number of hydrogen-bond donors (Lipinski definition) is 4. The molecular weight excluding hydrogens is 585 g/mol. The molecule has 0 bridgehead atoms. The predicted molar refractivity (Wildman–Crippen MR) is 142 cm³/mol. The molecule has 0 heterocycles. The molecule has 0 aliphatic carbocycles. The molecule has 2 aromatic carbocycles. The Kier molecular flexibility index (Phi) is 12.0. The number of halogens is 5. The lowest BCUT2D eigenvalue weighted by atomic mass is 9.97. The van der Waals surface area contributed by atoms with Gasteiger partial charge in [-0.2, -0.15) is 22.0 Å². The fourth-order valence-corrected chi connectivity index (χ4v) is 3.86. The van der Waals surface area contributed by atoms with Gasteiger partial charge in [0.25, 0.3) is 11.7 Å². The third-order valence-electron chi connectivity index (χ3n) is 6.14. The molecule has 3 amide bonds. The minimum Gasteiger partial charge on any atom is -0.497 e. The molecule has 15 heteroatoms. The SMILES string of the molecule is CCOc1ccccc1C(F)(F)C(=O)NC(CO)C(=O)NC(C(=O)NC(C(=O)C(F)(F)F)C(C)C)c1ccc(OC)cc1. The Bertz CT molecular complexity index is 1290. The minimum absolute atomic E-state index is 0.00685. The number of para-hydroxylation sites is 1. The number of carbonyl (C=O) groups is 4. The monoisotopic (exact) mass is 617 g/mol. The molecule has 2 rings (SSSR count). The Hall–Kier alpha value is -4.27. The number of methoxy groups -OCH3 is 1. The highest BCUT2D eigenvalue weighted by Crippen LogP contribution is 2.35. The van der Waals surface area contributed by atoms with Crippen LogP contribution < -0.4 is 25.4 Å².